The molecule has 124 valence electrons. The summed E-state index contributed by atoms with van der Waals surface area (Å²) in [6, 6.07) is 5.31. The highest BCUT2D eigenvalue weighted by molar-refractivity contribution is 5.94. The van der Waals surface area contributed by atoms with Crippen molar-refractivity contribution in [2.75, 3.05) is 18.4 Å². The number of carboxylic acids is 1. The summed E-state index contributed by atoms with van der Waals surface area (Å²) in [7, 11) is 0. The van der Waals surface area contributed by atoms with Crippen molar-refractivity contribution >= 4 is 17.6 Å². The van der Waals surface area contributed by atoms with E-state index in [1.54, 1.807) is 13.0 Å². The van der Waals surface area contributed by atoms with Crippen LogP contribution in [0.5, 0.6) is 0 Å². The summed E-state index contributed by atoms with van der Waals surface area (Å²) in [6.07, 6.45) is 2.53. The number of hydrogen-bond donors (Lipinski definition) is 2. The van der Waals surface area contributed by atoms with Crippen molar-refractivity contribution < 1.29 is 19.1 Å². The summed E-state index contributed by atoms with van der Waals surface area (Å²) in [4.78, 5) is 26.0. The molecule has 5 nitrogen and oxygen atoms in total. The molecule has 2 aliphatic rings. The van der Waals surface area contributed by atoms with Gasteiger partial charge in [0.1, 0.15) is 5.82 Å². The summed E-state index contributed by atoms with van der Waals surface area (Å²) in [6.45, 7) is 2.81. The van der Waals surface area contributed by atoms with Crippen LogP contribution in [0, 0.1) is 17.2 Å². The zero-order valence-corrected chi connectivity index (χ0v) is 13.1. The predicted octanol–water partition coefficient (Wildman–Crippen LogP) is 2.34. The number of rotatable bonds is 4. The molecule has 1 aliphatic heterocycles. The van der Waals surface area contributed by atoms with Crippen LogP contribution in [0.2, 0.25) is 0 Å². The minimum Gasteiger partial charge on any atom is -0.481 e. The molecule has 1 amide bonds. The van der Waals surface area contributed by atoms with Crippen molar-refractivity contribution in [3.05, 3.63) is 30.1 Å². The molecule has 1 aromatic rings. The van der Waals surface area contributed by atoms with E-state index in [0.717, 1.165) is 12.8 Å². The molecule has 1 heterocycles. The lowest BCUT2D eigenvalue weighted by Crippen LogP contribution is -2.43. The van der Waals surface area contributed by atoms with Gasteiger partial charge in [0.15, 0.2) is 0 Å². The van der Waals surface area contributed by atoms with E-state index in [1.165, 1.54) is 18.2 Å². The number of hydrogen-bond acceptors (Lipinski definition) is 3. The van der Waals surface area contributed by atoms with E-state index in [4.69, 9.17) is 0 Å². The number of amides is 1. The van der Waals surface area contributed by atoms with Crippen molar-refractivity contribution in [3.8, 4) is 0 Å². The minimum atomic E-state index is -0.750. The second-order valence-electron chi connectivity index (χ2n) is 6.66. The maximum absolute atomic E-state index is 13.2. The van der Waals surface area contributed by atoms with Crippen LogP contribution in [-0.4, -0.2) is 41.0 Å². The maximum atomic E-state index is 13.2. The number of halogens is 1. The fourth-order valence-corrected chi connectivity index (χ4v) is 3.95. The monoisotopic (exact) mass is 320 g/mol. The average Bonchev–Trinajstić information content (AvgIpc) is 3.04. The van der Waals surface area contributed by atoms with Crippen molar-refractivity contribution in [2.45, 2.75) is 32.2 Å². The van der Waals surface area contributed by atoms with Gasteiger partial charge in [-0.1, -0.05) is 12.5 Å². The third-order valence-electron chi connectivity index (χ3n) is 5.34. The van der Waals surface area contributed by atoms with Gasteiger partial charge in [-0.3, -0.25) is 14.5 Å². The van der Waals surface area contributed by atoms with Gasteiger partial charge in [-0.05, 0) is 43.9 Å². The normalized spacial score (nSPS) is 28.3. The third-order valence-corrected chi connectivity index (χ3v) is 5.34. The molecule has 2 N–H and O–H groups in total. The number of fused-ring (bicyclic) bond motifs is 1. The molecule has 23 heavy (non-hydrogen) atoms. The summed E-state index contributed by atoms with van der Waals surface area (Å²) in [5, 5.41) is 12.3. The molecule has 1 saturated carbocycles. The Kier molecular flexibility index (Phi) is 4.10. The smallest absolute Gasteiger partial charge is 0.311 e. The Balaban J connectivity index is 1.68. The molecule has 3 atom stereocenters. The Labute approximate surface area is 134 Å². The van der Waals surface area contributed by atoms with E-state index >= 15 is 0 Å². The van der Waals surface area contributed by atoms with Crippen LogP contribution in [0.25, 0.3) is 0 Å². The number of benzene rings is 1. The fourth-order valence-electron chi connectivity index (χ4n) is 3.95. The number of nitrogens with zero attached hydrogens (tertiary/aromatic N) is 1. The van der Waals surface area contributed by atoms with Crippen molar-refractivity contribution in [3.63, 3.8) is 0 Å². The van der Waals surface area contributed by atoms with Crippen LogP contribution in [0.3, 0.4) is 0 Å². The van der Waals surface area contributed by atoms with Gasteiger partial charge in [0, 0.05) is 18.8 Å². The number of nitrogens with one attached hydrogen (secondary N) is 1. The number of aliphatic carboxylic acids is 1. The Morgan fingerprint density at radius 3 is 2.91 bits per heavy atom. The lowest BCUT2D eigenvalue weighted by atomic mass is 9.81. The van der Waals surface area contributed by atoms with Gasteiger partial charge >= 0.3 is 5.97 Å². The van der Waals surface area contributed by atoms with E-state index in [-0.39, 0.29) is 11.8 Å². The molecule has 1 aromatic carbocycles. The van der Waals surface area contributed by atoms with Crippen LogP contribution < -0.4 is 5.32 Å². The molecule has 0 bridgehead atoms. The van der Waals surface area contributed by atoms with Gasteiger partial charge in [0.25, 0.3) is 0 Å². The van der Waals surface area contributed by atoms with E-state index in [9.17, 15) is 19.1 Å². The molecule has 1 saturated heterocycles. The van der Waals surface area contributed by atoms with E-state index in [2.05, 4.69) is 5.32 Å². The quantitative estimate of drug-likeness (QED) is 0.893. The van der Waals surface area contributed by atoms with Gasteiger partial charge in [0.2, 0.25) is 5.91 Å². The molecular formula is C17H21FN2O3. The van der Waals surface area contributed by atoms with Gasteiger partial charge in [-0.25, -0.2) is 4.39 Å². The molecule has 0 spiro atoms. The predicted molar refractivity (Wildman–Crippen MR) is 83.5 cm³/mol. The van der Waals surface area contributed by atoms with Crippen LogP contribution in [0.1, 0.15) is 26.2 Å². The second kappa shape index (κ2) is 5.92. The molecule has 1 unspecified atom stereocenters. The first kappa shape index (κ1) is 15.9. The number of carbonyl (C=O) groups is 2. The van der Waals surface area contributed by atoms with Gasteiger partial charge in [0.05, 0.1) is 11.5 Å². The lowest BCUT2D eigenvalue weighted by molar-refractivity contribution is -0.149. The number of carbonyl (C=O) groups excluding carboxylic acids is 1. The molecule has 0 aromatic heterocycles. The molecule has 1 aliphatic carbocycles. The molecule has 3 rings (SSSR count). The molecule has 6 heteroatoms. The van der Waals surface area contributed by atoms with E-state index < -0.39 is 23.2 Å². The Bertz CT molecular complexity index is 636. The van der Waals surface area contributed by atoms with Crippen LogP contribution in [0.4, 0.5) is 10.1 Å². The largest absolute Gasteiger partial charge is 0.481 e. The van der Waals surface area contributed by atoms with Crippen LogP contribution >= 0.6 is 0 Å². The third kappa shape index (κ3) is 2.83. The maximum Gasteiger partial charge on any atom is 0.311 e. The zero-order chi connectivity index (χ0) is 16.6. The highest BCUT2D eigenvalue weighted by Crippen LogP contribution is 2.49. The average molecular weight is 320 g/mol. The molecular weight excluding hydrogens is 299 g/mol. The zero-order valence-electron chi connectivity index (χ0n) is 13.1. The van der Waals surface area contributed by atoms with Crippen LogP contribution in [-0.2, 0) is 9.59 Å². The van der Waals surface area contributed by atoms with Crippen molar-refractivity contribution in [1.82, 2.24) is 4.90 Å². The SMILES string of the molecule is CC(C(=O)Nc1cccc(F)c1)N1C[C@@H]2CCC[C@@]2(C(=O)O)C1. The van der Waals surface area contributed by atoms with Crippen molar-refractivity contribution in [1.29, 1.82) is 0 Å². The first-order chi connectivity index (χ1) is 10.9. The standard InChI is InChI=1S/C17H21FN2O3/c1-11(15(21)19-14-6-2-5-13(18)8-14)20-9-12-4-3-7-17(12,10-20)16(22)23/h2,5-6,8,11-12H,3-4,7,9-10H2,1H3,(H,19,21)(H,22,23)/t11?,12-,17+/m0/s1. The summed E-state index contributed by atoms with van der Waals surface area (Å²) in [5.41, 5.74) is -0.290. The highest BCUT2D eigenvalue weighted by Gasteiger charge is 2.55. The van der Waals surface area contributed by atoms with Gasteiger partial charge in [-0.15, -0.1) is 0 Å². The first-order valence-corrected chi connectivity index (χ1v) is 7.96. The number of carboxylic acid groups (broad SMARTS) is 1. The molecule has 0 radical (unpaired) electrons. The summed E-state index contributed by atoms with van der Waals surface area (Å²) in [5.74, 6) is -1.28. The number of anilines is 1. The Morgan fingerprint density at radius 1 is 1.48 bits per heavy atom. The van der Waals surface area contributed by atoms with E-state index in [1.807, 2.05) is 4.90 Å². The van der Waals surface area contributed by atoms with Gasteiger partial charge < -0.3 is 10.4 Å². The minimum absolute atomic E-state index is 0.115. The van der Waals surface area contributed by atoms with E-state index in [0.29, 0.717) is 25.2 Å². The first-order valence-electron chi connectivity index (χ1n) is 7.96. The summed E-state index contributed by atoms with van der Waals surface area (Å²) >= 11 is 0. The lowest BCUT2D eigenvalue weighted by Gasteiger charge is -2.26. The second-order valence-corrected chi connectivity index (χ2v) is 6.66. The van der Waals surface area contributed by atoms with Crippen LogP contribution in [0.15, 0.2) is 24.3 Å². The van der Waals surface area contributed by atoms with Gasteiger partial charge in [-0.2, -0.15) is 0 Å². The Hall–Kier alpha value is -1.95. The Morgan fingerprint density at radius 2 is 2.26 bits per heavy atom. The fraction of sp³-hybridized carbons (Fsp3) is 0.529. The number of likely N-dealkylation sites (tertiary alicyclic amines) is 1. The summed E-state index contributed by atoms with van der Waals surface area (Å²) < 4.78 is 13.2. The van der Waals surface area contributed by atoms with Crippen molar-refractivity contribution in [2.24, 2.45) is 11.3 Å². The molecule has 2 fully saturated rings. The topological polar surface area (TPSA) is 69.6 Å². The highest BCUT2D eigenvalue weighted by atomic mass is 19.1.